The first-order valence-electron chi connectivity index (χ1n) is 10.9. The fraction of sp³-hybridized carbons (Fsp3) is 0.955. The van der Waals surface area contributed by atoms with Crippen LogP contribution in [0.5, 0.6) is 0 Å². The number of rotatable bonds is 5. The van der Waals surface area contributed by atoms with Crippen molar-refractivity contribution in [2.75, 3.05) is 12.0 Å². The number of ether oxygens (including phenoxy) is 2. The highest BCUT2D eigenvalue weighted by atomic mass is 127. The Hall–Kier alpha value is 1.58. The molecule has 0 aromatic rings. The number of aliphatic hydroxyl groups excluding tert-OH is 1. The van der Waals surface area contributed by atoms with Crippen LogP contribution < -0.4 is 0 Å². The third kappa shape index (κ3) is 6.56. The Morgan fingerprint density at radius 1 is 1.03 bits per heavy atom. The number of alkyl halides is 3. The summed E-state index contributed by atoms with van der Waals surface area (Å²) in [6.07, 6.45) is 10.6. The van der Waals surface area contributed by atoms with E-state index in [9.17, 15) is 4.79 Å². The van der Waals surface area contributed by atoms with Crippen molar-refractivity contribution in [2.24, 2.45) is 23.7 Å². The van der Waals surface area contributed by atoms with Gasteiger partial charge in [0, 0.05) is 35.6 Å². The van der Waals surface area contributed by atoms with Crippen molar-refractivity contribution < 1.29 is 19.4 Å². The zero-order chi connectivity index (χ0) is 22.2. The average molecular weight is 748 g/mol. The largest absolute Gasteiger partial charge is 0.422 e. The molecule has 3 aliphatic rings. The van der Waals surface area contributed by atoms with Crippen molar-refractivity contribution in [1.29, 1.82) is 0 Å². The van der Waals surface area contributed by atoms with E-state index < -0.39 is 3.79 Å². The first-order valence-corrected chi connectivity index (χ1v) is 15.2. The van der Waals surface area contributed by atoms with Crippen LogP contribution in [-0.4, -0.2) is 36.4 Å². The van der Waals surface area contributed by atoms with Gasteiger partial charge in [0.15, 0.2) is 0 Å². The summed E-state index contributed by atoms with van der Waals surface area (Å²) in [5.41, 5.74) is 0. The maximum Gasteiger partial charge on any atom is 0.325 e. The van der Waals surface area contributed by atoms with Gasteiger partial charge in [-0.05, 0) is 55.3 Å². The third-order valence-electron chi connectivity index (χ3n) is 6.78. The fourth-order valence-corrected chi connectivity index (χ4v) is 8.07. The van der Waals surface area contributed by atoms with Crippen LogP contribution in [0, 0.1) is 23.7 Å². The molecule has 1 N–H and O–H groups in total. The summed E-state index contributed by atoms with van der Waals surface area (Å²) < 4.78 is 11.3. The van der Waals surface area contributed by atoms with E-state index in [1.54, 1.807) is 0 Å². The molecule has 7 heteroatoms. The minimum atomic E-state index is -0.757. The first kappa shape index (κ1) is 28.6. The van der Waals surface area contributed by atoms with Crippen LogP contribution in [0.15, 0.2) is 0 Å². The summed E-state index contributed by atoms with van der Waals surface area (Å²) in [5, 5.41) is 7.00. The molecule has 29 heavy (non-hydrogen) atoms. The summed E-state index contributed by atoms with van der Waals surface area (Å²) in [6.45, 7) is 6.75. The van der Waals surface area contributed by atoms with Crippen LogP contribution in [0.3, 0.4) is 0 Å². The van der Waals surface area contributed by atoms with Crippen molar-refractivity contribution in [3.8, 4) is 0 Å². The molecule has 3 rings (SSSR count). The molecule has 0 bridgehead atoms. The maximum absolute atomic E-state index is 13.1. The predicted octanol–water partition coefficient (Wildman–Crippen LogP) is 6.91. The van der Waals surface area contributed by atoms with E-state index in [0.717, 1.165) is 32.8 Å². The number of esters is 1. The van der Waals surface area contributed by atoms with Crippen molar-refractivity contribution in [3.05, 3.63) is 0 Å². The second-order valence-electron chi connectivity index (χ2n) is 8.50. The molecule has 0 radical (unpaired) electrons. The van der Waals surface area contributed by atoms with Gasteiger partial charge in [-0.2, -0.15) is 0 Å². The van der Waals surface area contributed by atoms with Crippen LogP contribution in [0.1, 0.15) is 78.6 Å². The Morgan fingerprint density at radius 2 is 1.69 bits per heavy atom. The molecule has 7 atom stereocenters. The zero-order valence-corrected chi connectivity index (χ0v) is 25.0. The molecule has 2 heterocycles. The Morgan fingerprint density at radius 3 is 2.31 bits per heavy atom. The van der Waals surface area contributed by atoms with E-state index in [4.69, 9.17) is 14.6 Å². The van der Waals surface area contributed by atoms with Crippen LogP contribution in [-0.2, 0) is 14.3 Å². The highest BCUT2D eigenvalue weighted by molar-refractivity contribution is 14.1. The molecule has 1 saturated carbocycles. The van der Waals surface area contributed by atoms with Crippen LogP contribution >= 0.6 is 67.8 Å². The Kier molecular flexibility index (Phi) is 13.1. The number of carbonyl (C=O) groups excluding carboxylic acids is 1. The molecule has 0 aromatic heterocycles. The third-order valence-corrected chi connectivity index (χ3v) is 9.75. The van der Waals surface area contributed by atoms with Crippen molar-refractivity contribution in [2.45, 2.75) is 91.9 Å². The number of hydrogen-bond acceptors (Lipinski definition) is 4. The lowest BCUT2D eigenvalue weighted by Crippen LogP contribution is -2.62. The second kappa shape index (κ2) is 13.3. The normalized spacial score (nSPS) is 40.9. The minimum absolute atomic E-state index is 0.0253. The molecule has 3 fully saturated rings. The van der Waals surface area contributed by atoms with Gasteiger partial charge in [-0.3, -0.25) is 4.79 Å². The Bertz CT molecular complexity index is 506. The Labute approximate surface area is 218 Å². The van der Waals surface area contributed by atoms with E-state index in [0.29, 0.717) is 23.7 Å². The second-order valence-corrected chi connectivity index (χ2v) is 11.9. The Balaban J connectivity index is 0.000000989. The lowest BCUT2D eigenvalue weighted by molar-refractivity contribution is -0.246. The van der Waals surface area contributed by atoms with Gasteiger partial charge in [-0.25, -0.2) is 0 Å². The van der Waals surface area contributed by atoms with Gasteiger partial charge in [0.1, 0.15) is 3.42 Å². The topological polar surface area (TPSA) is 55.8 Å². The van der Waals surface area contributed by atoms with E-state index in [-0.39, 0.29) is 15.5 Å². The van der Waals surface area contributed by atoms with Crippen molar-refractivity contribution >= 4 is 73.7 Å². The standard InChI is InChI=1S/C20H32I2O3.CH3I.CH4O/c1-4-5-6-7-12-19(21)16-11-8-13(2)15-10-9-14(3)24-20(22,17(15)16)25-18(19)23;2*1-2/h13-17H,4-12H2,1-3H3;1H3;2H,1H3/t13?,14?,15?,16?,17?,19-,20?;;/m1../s1. The van der Waals surface area contributed by atoms with E-state index in [1.165, 1.54) is 32.1 Å². The summed E-state index contributed by atoms with van der Waals surface area (Å²) in [4.78, 5) is 15.1. The van der Waals surface area contributed by atoms with Gasteiger partial charge < -0.3 is 14.6 Å². The number of halogens is 3. The quantitative estimate of drug-likeness (QED) is 0.144. The fourth-order valence-electron chi connectivity index (χ4n) is 5.35. The summed E-state index contributed by atoms with van der Waals surface area (Å²) in [5.74, 6) is 2.00. The van der Waals surface area contributed by atoms with Gasteiger partial charge in [0.2, 0.25) is 0 Å². The van der Waals surface area contributed by atoms with Crippen LogP contribution in [0.4, 0.5) is 0 Å². The predicted molar refractivity (Wildman–Crippen MR) is 145 cm³/mol. The van der Waals surface area contributed by atoms with Crippen molar-refractivity contribution in [1.82, 2.24) is 0 Å². The summed E-state index contributed by atoms with van der Waals surface area (Å²) in [7, 11) is 1.00. The molecular formula is C22H39I3O4. The average Bonchev–Trinajstić information content (AvgIpc) is 2.84. The number of unbranched alkanes of at least 4 members (excludes halogenated alkanes) is 3. The molecular weight excluding hydrogens is 709 g/mol. The minimum Gasteiger partial charge on any atom is -0.422 e. The molecule has 2 saturated heterocycles. The lowest BCUT2D eigenvalue weighted by Gasteiger charge is -2.55. The molecule has 1 aliphatic carbocycles. The highest BCUT2D eigenvalue weighted by Crippen LogP contribution is 2.61. The molecule has 4 nitrogen and oxygen atoms in total. The molecule has 0 aromatic carbocycles. The molecule has 172 valence electrons. The molecule has 0 amide bonds. The SMILES string of the molecule is CCCCCC[C@]1(I)C(=O)OC2(I)OC(C)CCC3C(C)CCC1C32.CI.CO. The van der Waals surface area contributed by atoms with Crippen LogP contribution in [0.2, 0.25) is 0 Å². The zero-order valence-electron chi connectivity index (χ0n) is 18.6. The lowest BCUT2D eigenvalue weighted by atomic mass is 9.60. The van der Waals surface area contributed by atoms with Crippen LogP contribution in [0.25, 0.3) is 0 Å². The summed E-state index contributed by atoms with van der Waals surface area (Å²) >= 11 is 6.93. The first-order chi connectivity index (χ1) is 13.8. The number of carbonyl (C=O) groups is 1. The van der Waals surface area contributed by atoms with E-state index in [2.05, 4.69) is 88.5 Å². The molecule has 2 aliphatic heterocycles. The van der Waals surface area contributed by atoms with E-state index in [1.807, 2.05) is 4.93 Å². The maximum atomic E-state index is 13.1. The molecule has 0 spiro atoms. The smallest absolute Gasteiger partial charge is 0.325 e. The van der Waals surface area contributed by atoms with Gasteiger partial charge in [-0.15, -0.1) is 0 Å². The van der Waals surface area contributed by atoms with Gasteiger partial charge in [0.25, 0.3) is 3.79 Å². The number of aliphatic hydroxyl groups is 1. The van der Waals surface area contributed by atoms with Crippen molar-refractivity contribution in [3.63, 3.8) is 0 Å². The summed E-state index contributed by atoms with van der Waals surface area (Å²) in [6, 6.07) is 0. The molecule has 6 unspecified atom stereocenters. The van der Waals surface area contributed by atoms with Gasteiger partial charge in [-0.1, -0.05) is 91.1 Å². The van der Waals surface area contributed by atoms with Gasteiger partial charge >= 0.3 is 5.97 Å². The van der Waals surface area contributed by atoms with Gasteiger partial charge in [0.05, 0.1) is 6.10 Å². The highest BCUT2D eigenvalue weighted by Gasteiger charge is 2.65. The van der Waals surface area contributed by atoms with E-state index >= 15 is 0 Å². The number of hydrogen-bond donors (Lipinski definition) is 1. The monoisotopic (exact) mass is 748 g/mol.